The average Bonchev–Trinajstić information content (AvgIpc) is 2.53. The maximum atomic E-state index is 12.2. The van der Waals surface area contributed by atoms with Gasteiger partial charge in [0.15, 0.2) is 0 Å². The van der Waals surface area contributed by atoms with Crippen molar-refractivity contribution in [1.29, 1.82) is 0 Å². The summed E-state index contributed by atoms with van der Waals surface area (Å²) in [5.41, 5.74) is 0.401. The van der Waals surface area contributed by atoms with Crippen LogP contribution in [0, 0.1) is 5.92 Å². The second-order valence-electron chi connectivity index (χ2n) is 6.25. The molecular weight excluding hydrogens is 278 g/mol. The van der Waals surface area contributed by atoms with Crippen LogP contribution in [0.2, 0.25) is 0 Å². The second kappa shape index (κ2) is 6.30. The van der Waals surface area contributed by atoms with E-state index in [1.165, 1.54) is 12.8 Å². The zero-order chi connectivity index (χ0) is 15.5. The third kappa shape index (κ3) is 3.18. The quantitative estimate of drug-likeness (QED) is 0.912. The van der Waals surface area contributed by atoms with E-state index < -0.39 is 0 Å². The van der Waals surface area contributed by atoms with Crippen molar-refractivity contribution in [2.45, 2.75) is 45.1 Å². The summed E-state index contributed by atoms with van der Waals surface area (Å²) < 4.78 is 0. The van der Waals surface area contributed by atoms with Crippen molar-refractivity contribution in [1.82, 2.24) is 15.5 Å². The van der Waals surface area contributed by atoms with Gasteiger partial charge in [-0.2, -0.15) is 5.10 Å². The van der Waals surface area contributed by atoms with E-state index in [1.54, 1.807) is 6.07 Å². The van der Waals surface area contributed by atoms with Crippen molar-refractivity contribution >= 4 is 16.7 Å². The number of H-pyrrole nitrogens is 1. The number of rotatable bonds is 3. The van der Waals surface area contributed by atoms with Gasteiger partial charge in [0.1, 0.15) is 0 Å². The summed E-state index contributed by atoms with van der Waals surface area (Å²) in [5, 5.41) is 10.9. The topological polar surface area (TPSA) is 74.8 Å². The van der Waals surface area contributed by atoms with Crippen LogP contribution >= 0.6 is 0 Å². The van der Waals surface area contributed by atoms with Crippen LogP contribution < -0.4 is 10.9 Å². The van der Waals surface area contributed by atoms with Gasteiger partial charge in [0, 0.05) is 11.4 Å². The number of aromatic nitrogens is 2. The fourth-order valence-electron chi connectivity index (χ4n) is 3.14. The van der Waals surface area contributed by atoms with E-state index in [4.69, 9.17) is 0 Å². The van der Waals surface area contributed by atoms with Gasteiger partial charge in [-0.25, -0.2) is 5.10 Å². The lowest BCUT2D eigenvalue weighted by Gasteiger charge is -2.26. The summed E-state index contributed by atoms with van der Waals surface area (Å²) in [4.78, 5) is 24.0. The van der Waals surface area contributed by atoms with E-state index in [0.29, 0.717) is 11.1 Å². The van der Waals surface area contributed by atoms with E-state index in [0.717, 1.165) is 24.1 Å². The van der Waals surface area contributed by atoms with Crippen LogP contribution in [0.15, 0.2) is 29.1 Å². The predicted molar refractivity (Wildman–Crippen MR) is 85.6 cm³/mol. The van der Waals surface area contributed by atoms with Crippen molar-refractivity contribution < 1.29 is 4.79 Å². The summed E-state index contributed by atoms with van der Waals surface area (Å²) in [6.45, 7) is 2.26. The number of hydrogen-bond acceptors (Lipinski definition) is 3. The molecule has 5 nitrogen and oxygen atoms in total. The normalized spacial score (nSPS) is 21.7. The largest absolute Gasteiger partial charge is 0.353 e. The van der Waals surface area contributed by atoms with Crippen LogP contribution in [-0.2, 0) is 11.2 Å². The third-order valence-electron chi connectivity index (χ3n) is 4.48. The second-order valence-corrected chi connectivity index (χ2v) is 6.25. The number of amides is 1. The highest BCUT2D eigenvalue weighted by atomic mass is 16.1. The highest BCUT2D eigenvalue weighted by Gasteiger charge is 2.20. The molecule has 116 valence electrons. The van der Waals surface area contributed by atoms with Gasteiger partial charge in [0.25, 0.3) is 5.56 Å². The predicted octanol–water partition coefficient (Wildman–Crippen LogP) is 2.16. The molecule has 0 radical (unpaired) electrons. The Morgan fingerprint density at radius 1 is 1.23 bits per heavy atom. The number of fused-ring (bicyclic) bond motifs is 1. The lowest BCUT2D eigenvalue weighted by molar-refractivity contribution is -0.121. The van der Waals surface area contributed by atoms with Gasteiger partial charge in [-0.05, 0) is 37.7 Å². The number of carbonyl (C=O) groups is 1. The van der Waals surface area contributed by atoms with Crippen LogP contribution in [0.4, 0.5) is 0 Å². The molecule has 1 aromatic carbocycles. The highest BCUT2D eigenvalue weighted by molar-refractivity contribution is 5.88. The van der Waals surface area contributed by atoms with Crippen LogP contribution in [0.1, 0.15) is 38.3 Å². The van der Waals surface area contributed by atoms with Gasteiger partial charge in [-0.15, -0.1) is 0 Å². The summed E-state index contributed by atoms with van der Waals surface area (Å²) in [7, 11) is 0. The lowest BCUT2D eigenvalue weighted by Crippen LogP contribution is -2.38. The Balaban J connectivity index is 1.72. The molecule has 1 heterocycles. The Hall–Kier alpha value is -2.17. The molecule has 0 unspecified atom stereocenters. The molecule has 1 fully saturated rings. The Morgan fingerprint density at radius 2 is 1.91 bits per heavy atom. The summed E-state index contributed by atoms with van der Waals surface area (Å²) >= 11 is 0. The molecule has 2 N–H and O–H groups in total. The van der Waals surface area contributed by atoms with Crippen molar-refractivity contribution in [2.75, 3.05) is 0 Å². The number of nitrogens with zero attached hydrogens (tertiary/aromatic N) is 1. The molecule has 1 saturated carbocycles. The highest BCUT2D eigenvalue weighted by Crippen LogP contribution is 2.23. The molecule has 2 aromatic rings. The zero-order valence-electron chi connectivity index (χ0n) is 12.8. The molecule has 0 saturated heterocycles. The molecule has 1 aliphatic rings. The minimum atomic E-state index is -0.221. The van der Waals surface area contributed by atoms with Crippen LogP contribution in [0.25, 0.3) is 10.8 Å². The molecule has 1 aromatic heterocycles. The fourth-order valence-corrected chi connectivity index (χ4v) is 3.14. The van der Waals surface area contributed by atoms with E-state index in [2.05, 4.69) is 22.4 Å². The molecule has 0 atom stereocenters. The van der Waals surface area contributed by atoms with Crippen molar-refractivity contribution in [3.63, 3.8) is 0 Å². The first kappa shape index (κ1) is 14.8. The van der Waals surface area contributed by atoms with Gasteiger partial charge < -0.3 is 5.32 Å². The minimum absolute atomic E-state index is 0.0238. The van der Waals surface area contributed by atoms with Gasteiger partial charge >= 0.3 is 0 Å². The number of carbonyl (C=O) groups excluding carboxylic acids is 1. The molecule has 5 heteroatoms. The first-order valence-electron chi connectivity index (χ1n) is 7.89. The van der Waals surface area contributed by atoms with Crippen LogP contribution in [0.3, 0.4) is 0 Å². The summed E-state index contributed by atoms with van der Waals surface area (Å²) in [6, 6.07) is 7.53. The molecule has 0 spiro atoms. The van der Waals surface area contributed by atoms with Gasteiger partial charge in [-0.3, -0.25) is 9.59 Å². The number of benzene rings is 1. The van der Waals surface area contributed by atoms with Gasteiger partial charge in [0.2, 0.25) is 5.91 Å². The number of aromatic amines is 1. The van der Waals surface area contributed by atoms with Crippen molar-refractivity contribution in [2.24, 2.45) is 5.92 Å². The average molecular weight is 299 g/mol. The molecule has 22 heavy (non-hydrogen) atoms. The third-order valence-corrected chi connectivity index (χ3v) is 4.48. The molecule has 1 aliphatic carbocycles. The van der Waals surface area contributed by atoms with E-state index in [9.17, 15) is 9.59 Å². The maximum absolute atomic E-state index is 12.2. The van der Waals surface area contributed by atoms with Gasteiger partial charge in [-0.1, -0.05) is 25.1 Å². The minimum Gasteiger partial charge on any atom is -0.353 e. The smallest absolute Gasteiger partial charge is 0.272 e. The molecule has 0 aliphatic heterocycles. The monoisotopic (exact) mass is 299 g/mol. The first-order chi connectivity index (χ1) is 10.6. The number of hydrogen-bond donors (Lipinski definition) is 2. The van der Waals surface area contributed by atoms with Crippen LogP contribution in [-0.4, -0.2) is 22.1 Å². The Labute approximate surface area is 129 Å². The summed E-state index contributed by atoms with van der Waals surface area (Å²) in [5.74, 6) is 0.738. The summed E-state index contributed by atoms with van der Waals surface area (Å²) in [6.07, 6.45) is 4.64. The Bertz CT molecular complexity index is 730. The van der Waals surface area contributed by atoms with Crippen molar-refractivity contribution in [3.05, 3.63) is 40.3 Å². The number of nitrogens with one attached hydrogen (secondary N) is 2. The fraction of sp³-hybridized carbons (Fsp3) is 0.471. The van der Waals surface area contributed by atoms with E-state index >= 15 is 0 Å². The maximum Gasteiger partial charge on any atom is 0.272 e. The Kier molecular flexibility index (Phi) is 4.22. The molecular formula is C17H21N3O2. The van der Waals surface area contributed by atoms with Crippen molar-refractivity contribution in [3.8, 4) is 0 Å². The molecule has 1 amide bonds. The van der Waals surface area contributed by atoms with E-state index in [1.807, 2.05) is 18.2 Å². The SMILES string of the molecule is CC1CCC(NC(=O)Cc2n[nH]c(=O)c3ccccc23)CC1. The standard InChI is InChI=1S/C17H21N3O2/c1-11-6-8-12(9-7-11)18-16(21)10-15-13-4-2-3-5-14(13)17(22)20-19-15/h2-5,11-12H,6-10H2,1H3,(H,18,21)(H,20,22). The lowest BCUT2D eigenvalue weighted by atomic mass is 9.87. The molecule has 3 rings (SSSR count). The van der Waals surface area contributed by atoms with Gasteiger partial charge in [0.05, 0.1) is 17.5 Å². The van der Waals surface area contributed by atoms with E-state index in [-0.39, 0.29) is 23.9 Å². The molecule has 0 bridgehead atoms. The zero-order valence-corrected chi connectivity index (χ0v) is 12.8. The van der Waals surface area contributed by atoms with Crippen LogP contribution in [0.5, 0.6) is 0 Å². The Morgan fingerprint density at radius 3 is 2.64 bits per heavy atom. The first-order valence-corrected chi connectivity index (χ1v) is 7.89.